The normalized spacial score (nSPS) is 22.4. The van der Waals surface area contributed by atoms with Crippen molar-refractivity contribution in [3.05, 3.63) is 11.6 Å². The third-order valence-corrected chi connectivity index (χ3v) is 6.34. The molecule has 0 radical (unpaired) electrons. The SMILES string of the molecule is C/C(=C\CCC(C)CCOC1CCCCO1)CCC(Br)C(C)(C)O. The van der Waals surface area contributed by atoms with Crippen molar-refractivity contribution in [3.63, 3.8) is 0 Å². The van der Waals surface area contributed by atoms with E-state index in [4.69, 9.17) is 9.47 Å². The molecule has 1 N–H and O–H groups in total. The van der Waals surface area contributed by atoms with Crippen LogP contribution in [0.3, 0.4) is 0 Å². The third-order valence-electron chi connectivity index (χ3n) is 4.76. The minimum absolute atomic E-state index is 0.0427. The van der Waals surface area contributed by atoms with Gasteiger partial charge in [0.25, 0.3) is 0 Å². The molecule has 0 bridgehead atoms. The van der Waals surface area contributed by atoms with Crippen LogP contribution in [0.1, 0.15) is 79.1 Å². The second kappa shape index (κ2) is 11.7. The number of alkyl halides is 1. The highest BCUT2D eigenvalue weighted by molar-refractivity contribution is 9.09. The van der Waals surface area contributed by atoms with E-state index in [-0.39, 0.29) is 11.1 Å². The number of allylic oxidation sites excluding steroid dienone is 2. The Morgan fingerprint density at radius 3 is 2.71 bits per heavy atom. The number of halogens is 1. The molecule has 0 saturated carbocycles. The van der Waals surface area contributed by atoms with Gasteiger partial charge in [-0.05, 0) is 78.1 Å². The van der Waals surface area contributed by atoms with Gasteiger partial charge in [0.05, 0.1) is 5.60 Å². The predicted octanol–water partition coefficient (Wildman–Crippen LogP) is 5.60. The van der Waals surface area contributed by atoms with Crippen molar-refractivity contribution >= 4 is 15.9 Å². The number of aliphatic hydroxyl groups is 1. The van der Waals surface area contributed by atoms with Gasteiger partial charge in [-0.15, -0.1) is 0 Å². The molecule has 3 unspecified atom stereocenters. The zero-order valence-corrected chi connectivity index (χ0v) is 17.6. The average Bonchev–Trinajstić information content (AvgIpc) is 2.52. The van der Waals surface area contributed by atoms with E-state index < -0.39 is 5.60 Å². The molecule has 0 spiro atoms. The molecule has 3 atom stereocenters. The monoisotopic (exact) mass is 404 g/mol. The molecule has 0 aromatic carbocycles. The van der Waals surface area contributed by atoms with Crippen molar-refractivity contribution in [1.82, 2.24) is 0 Å². The highest BCUT2D eigenvalue weighted by atomic mass is 79.9. The van der Waals surface area contributed by atoms with Crippen molar-refractivity contribution < 1.29 is 14.6 Å². The van der Waals surface area contributed by atoms with Gasteiger partial charge >= 0.3 is 0 Å². The van der Waals surface area contributed by atoms with Gasteiger partial charge in [-0.1, -0.05) is 34.5 Å². The summed E-state index contributed by atoms with van der Waals surface area (Å²) in [6.45, 7) is 9.87. The molecule has 1 rings (SSSR count). The first-order valence-corrected chi connectivity index (χ1v) is 10.5. The van der Waals surface area contributed by atoms with Gasteiger partial charge in [0, 0.05) is 18.0 Å². The van der Waals surface area contributed by atoms with E-state index in [2.05, 4.69) is 35.9 Å². The zero-order chi connectivity index (χ0) is 18.0. The van der Waals surface area contributed by atoms with Crippen LogP contribution in [0.2, 0.25) is 0 Å². The van der Waals surface area contributed by atoms with E-state index in [1.807, 2.05) is 13.8 Å². The molecule has 4 heteroatoms. The van der Waals surface area contributed by atoms with Crippen molar-refractivity contribution in [2.75, 3.05) is 13.2 Å². The van der Waals surface area contributed by atoms with Crippen LogP contribution >= 0.6 is 15.9 Å². The Kier molecular flexibility index (Phi) is 10.8. The van der Waals surface area contributed by atoms with Crippen LogP contribution in [0, 0.1) is 5.92 Å². The standard InChI is InChI=1S/C20H37BrO3/c1-16(11-12-18(21)20(3,4)22)8-7-9-17(2)13-15-24-19-10-5-6-14-23-19/h8,17-19,22H,5-7,9-15H2,1-4H3/b16-8+. The first kappa shape index (κ1) is 22.1. The predicted molar refractivity (Wildman–Crippen MR) is 105 cm³/mol. The summed E-state index contributed by atoms with van der Waals surface area (Å²) in [6.07, 6.45) is 11.3. The second-order valence-electron chi connectivity index (χ2n) is 7.85. The van der Waals surface area contributed by atoms with Crippen LogP contribution in [0.25, 0.3) is 0 Å². The second-order valence-corrected chi connectivity index (χ2v) is 8.95. The Labute approximate surface area is 157 Å². The van der Waals surface area contributed by atoms with Gasteiger partial charge in [-0.3, -0.25) is 0 Å². The van der Waals surface area contributed by atoms with Gasteiger partial charge in [0.1, 0.15) is 0 Å². The van der Waals surface area contributed by atoms with Crippen molar-refractivity contribution in [2.45, 2.75) is 95.8 Å². The van der Waals surface area contributed by atoms with Crippen molar-refractivity contribution in [2.24, 2.45) is 5.92 Å². The molecule has 1 aliphatic heterocycles. The lowest BCUT2D eigenvalue weighted by Gasteiger charge is -2.24. The Morgan fingerprint density at radius 1 is 1.33 bits per heavy atom. The van der Waals surface area contributed by atoms with Gasteiger partial charge in [0.2, 0.25) is 0 Å². The average molecular weight is 405 g/mol. The van der Waals surface area contributed by atoms with Crippen LogP contribution in [-0.4, -0.2) is 35.0 Å². The molecule has 0 amide bonds. The van der Waals surface area contributed by atoms with E-state index in [0.717, 1.165) is 45.3 Å². The molecule has 1 fully saturated rings. The summed E-state index contributed by atoms with van der Waals surface area (Å²) in [7, 11) is 0. The van der Waals surface area contributed by atoms with E-state index >= 15 is 0 Å². The van der Waals surface area contributed by atoms with Crippen LogP contribution in [-0.2, 0) is 9.47 Å². The van der Waals surface area contributed by atoms with Gasteiger partial charge in [0.15, 0.2) is 6.29 Å². The molecule has 0 aromatic heterocycles. The largest absolute Gasteiger partial charge is 0.389 e. The fraction of sp³-hybridized carbons (Fsp3) is 0.900. The maximum absolute atomic E-state index is 9.94. The quantitative estimate of drug-likeness (QED) is 0.359. The highest BCUT2D eigenvalue weighted by Gasteiger charge is 2.23. The number of ether oxygens (including phenoxy) is 2. The molecule has 1 heterocycles. The summed E-state index contributed by atoms with van der Waals surface area (Å²) >= 11 is 3.58. The smallest absolute Gasteiger partial charge is 0.157 e. The summed E-state index contributed by atoms with van der Waals surface area (Å²) < 4.78 is 11.4. The van der Waals surface area contributed by atoms with E-state index in [1.54, 1.807) is 0 Å². The fourth-order valence-corrected chi connectivity index (χ4v) is 3.04. The van der Waals surface area contributed by atoms with Crippen LogP contribution in [0.15, 0.2) is 11.6 Å². The van der Waals surface area contributed by atoms with Gasteiger partial charge in [-0.2, -0.15) is 0 Å². The maximum atomic E-state index is 9.94. The Hall–Kier alpha value is 0.100. The minimum Gasteiger partial charge on any atom is -0.389 e. The minimum atomic E-state index is -0.656. The lowest BCUT2D eigenvalue weighted by atomic mass is 9.97. The summed E-state index contributed by atoms with van der Waals surface area (Å²) in [5.41, 5.74) is 0.763. The number of hydrogen-bond acceptors (Lipinski definition) is 3. The van der Waals surface area contributed by atoms with Crippen LogP contribution in [0.5, 0.6) is 0 Å². The summed E-state index contributed by atoms with van der Waals surface area (Å²) in [5.74, 6) is 0.679. The van der Waals surface area contributed by atoms with Crippen LogP contribution in [0.4, 0.5) is 0 Å². The lowest BCUT2D eigenvalue weighted by molar-refractivity contribution is -0.163. The lowest BCUT2D eigenvalue weighted by Crippen LogP contribution is -2.31. The fourth-order valence-electron chi connectivity index (χ4n) is 2.81. The van der Waals surface area contributed by atoms with Gasteiger partial charge < -0.3 is 14.6 Å². The molecular weight excluding hydrogens is 368 g/mol. The van der Waals surface area contributed by atoms with Crippen molar-refractivity contribution in [1.29, 1.82) is 0 Å². The first-order valence-electron chi connectivity index (χ1n) is 9.54. The maximum Gasteiger partial charge on any atom is 0.157 e. The Morgan fingerprint density at radius 2 is 2.08 bits per heavy atom. The van der Waals surface area contributed by atoms with Crippen LogP contribution < -0.4 is 0 Å². The third kappa shape index (κ3) is 10.2. The molecular formula is C20H37BrO3. The van der Waals surface area contributed by atoms with E-state index in [1.165, 1.54) is 24.8 Å². The Balaban J connectivity index is 2.09. The summed E-state index contributed by atoms with van der Waals surface area (Å²) in [5, 5.41) is 9.94. The number of rotatable bonds is 11. The Bertz CT molecular complexity index is 356. The molecule has 0 aliphatic carbocycles. The molecule has 0 aromatic rings. The van der Waals surface area contributed by atoms with Gasteiger partial charge in [-0.25, -0.2) is 0 Å². The molecule has 3 nitrogen and oxygen atoms in total. The molecule has 142 valence electrons. The van der Waals surface area contributed by atoms with E-state index in [0.29, 0.717) is 5.92 Å². The highest BCUT2D eigenvalue weighted by Crippen LogP contribution is 2.24. The summed E-state index contributed by atoms with van der Waals surface area (Å²) in [6, 6.07) is 0. The summed E-state index contributed by atoms with van der Waals surface area (Å²) in [4.78, 5) is 0.145. The molecule has 1 aliphatic rings. The molecule has 24 heavy (non-hydrogen) atoms. The zero-order valence-electron chi connectivity index (χ0n) is 16.0. The topological polar surface area (TPSA) is 38.7 Å². The first-order chi connectivity index (χ1) is 11.3. The van der Waals surface area contributed by atoms with Crippen molar-refractivity contribution in [3.8, 4) is 0 Å². The van der Waals surface area contributed by atoms with E-state index in [9.17, 15) is 5.11 Å². The number of hydrogen-bond donors (Lipinski definition) is 1. The molecule has 1 saturated heterocycles.